The van der Waals surface area contributed by atoms with E-state index in [1.807, 2.05) is 36.9 Å². The van der Waals surface area contributed by atoms with Crippen LogP contribution in [0.15, 0.2) is 30.6 Å². The van der Waals surface area contributed by atoms with E-state index in [1.54, 1.807) is 17.3 Å². The average Bonchev–Trinajstić information content (AvgIpc) is 2.69. The van der Waals surface area contributed by atoms with E-state index in [-0.39, 0.29) is 17.9 Å². The van der Waals surface area contributed by atoms with E-state index in [9.17, 15) is 9.59 Å². The molecule has 7 nitrogen and oxygen atoms in total. The Morgan fingerprint density at radius 1 is 1.19 bits per heavy atom. The molecule has 1 aliphatic heterocycles. The third-order valence-corrected chi connectivity index (χ3v) is 4.85. The van der Waals surface area contributed by atoms with Gasteiger partial charge in [-0.05, 0) is 44.9 Å². The fraction of sp³-hybridized carbons (Fsp3) is 0.474. The van der Waals surface area contributed by atoms with Crippen molar-refractivity contribution in [3.8, 4) is 0 Å². The zero-order chi connectivity index (χ0) is 18.5. The lowest BCUT2D eigenvalue weighted by Crippen LogP contribution is -2.47. The van der Waals surface area contributed by atoms with Crippen molar-refractivity contribution in [1.82, 2.24) is 19.8 Å². The quantitative estimate of drug-likeness (QED) is 0.915. The molecule has 0 bridgehead atoms. The molecular formula is C19H25N5O2. The van der Waals surface area contributed by atoms with Crippen molar-refractivity contribution in [1.29, 1.82) is 0 Å². The second-order valence-corrected chi connectivity index (χ2v) is 6.49. The summed E-state index contributed by atoms with van der Waals surface area (Å²) in [6, 6.07) is 5.28. The Bertz CT molecular complexity index is 790. The summed E-state index contributed by atoms with van der Waals surface area (Å²) < 4.78 is 0. The number of rotatable bonds is 4. The van der Waals surface area contributed by atoms with Gasteiger partial charge in [0.2, 0.25) is 5.91 Å². The molecule has 26 heavy (non-hydrogen) atoms. The molecule has 1 N–H and O–H groups in total. The normalized spacial score (nSPS) is 17.2. The number of benzene rings is 1. The van der Waals surface area contributed by atoms with Crippen LogP contribution in [0.1, 0.15) is 26.7 Å². The van der Waals surface area contributed by atoms with Gasteiger partial charge in [0.1, 0.15) is 0 Å². The molecule has 1 fully saturated rings. The Morgan fingerprint density at radius 2 is 1.92 bits per heavy atom. The summed E-state index contributed by atoms with van der Waals surface area (Å²) in [6.45, 7) is 6.51. The van der Waals surface area contributed by atoms with E-state index in [2.05, 4.69) is 15.3 Å². The second kappa shape index (κ2) is 8.12. The minimum atomic E-state index is -0.176. The van der Waals surface area contributed by atoms with Crippen LogP contribution in [0.2, 0.25) is 0 Å². The second-order valence-electron chi connectivity index (χ2n) is 6.49. The monoisotopic (exact) mass is 355 g/mol. The Morgan fingerprint density at radius 3 is 2.65 bits per heavy atom. The summed E-state index contributed by atoms with van der Waals surface area (Å²) in [5.41, 5.74) is 2.20. The first kappa shape index (κ1) is 18.1. The minimum Gasteiger partial charge on any atom is -0.343 e. The van der Waals surface area contributed by atoms with Gasteiger partial charge in [0, 0.05) is 44.3 Å². The summed E-state index contributed by atoms with van der Waals surface area (Å²) >= 11 is 0. The van der Waals surface area contributed by atoms with Crippen molar-refractivity contribution >= 4 is 28.7 Å². The molecule has 3 amide bonds. The maximum atomic E-state index is 12.6. The number of amides is 3. The Hall–Kier alpha value is -2.70. The maximum absolute atomic E-state index is 12.6. The van der Waals surface area contributed by atoms with Crippen LogP contribution in [0.4, 0.5) is 10.5 Å². The zero-order valence-electron chi connectivity index (χ0n) is 15.3. The Balaban J connectivity index is 1.65. The van der Waals surface area contributed by atoms with Gasteiger partial charge in [-0.1, -0.05) is 0 Å². The number of carbonyl (C=O) groups excluding carboxylic acids is 2. The Labute approximate surface area is 153 Å². The van der Waals surface area contributed by atoms with Gasteiger partial charge >= 0.3 is 6.03 Å². The molecule has 1 saturated heterocycles. The summed E-state index contributed by atoms with van der Waals surface area (Å²) in [6.07, 6.45) is 4.95. The van der Waals surface area contributed by atoms with E-state index < -0.39 is 0 Å². The molecule has 0 spiro atoms. The number of hydrogen-bond donors (Lipinski definition) is 1. The van der Waals surface area contributed by atoms with Gasteiger partial charge in [-0.25, -0.2) is 4.79 Å². The van der Waals surface area contributed by atoms with Crippen molar-refractivity contribution in [2.75, 3.05) is 31.5 Å². The molecule has 1 aromatic heterocycles. The SMILES string of the molecule is CCN(CC)C(=O)[C@H]1CCCN(C(=O)Nc2ccc3nccnc3c2)C1. The third-order valence-electron chi connectivity index (χ3n) is 4.85. The smallest absolute Gasteiger partial charge is 0.321 e. The van der Waals surface area contributed by atoms with Gasteiger partial charge in [-0.3, -0.25) is 14.8 Å². The van der Waals surface area contributed by atoms with Crippen LogP contribution in [0.3, 0.4) is 0 Å². The number of fused-ring (bicyclic) bond motifs is 1. The predicted molar refractivity (Wildman–Crippen MR) is 101 cm³/mol. The van der Waals surface area contributed by atoms with Crippen LogP contribution in [-0.2, 0) is 4.79 Å². The van der Waals surface area contributed by atoms with E-state index in [1.165, 1.54) is 0 Å². The van der Waals surface area contributed by atoms with Gasteiger partial charge in [0.05, 0.1) is 17.0 Å². The van der Waals surface area contributed by atoms with Gasteiger partial charge in [0.25, 0.3) is 0 Å². The molecule has 1 atom stereocenters. The van der Waals surface area contributed by atoms with Gasteiger partial charge < -0.3 is 15.1 Å². The first-order valence-electron chi connectivity index (χ1n) is 9.17. The highest BCUT2D eigenvalue weighted by Gasteiger charge is 2.30. The highest BCUT2D eigenvalue weighted by molar-refractivity contribution is 5.92. The predicted octanol–water partition coefficient (Wildman–Crippen LogP) is 2.74. The van der Waals surface area contributed by atoms with E-state index in [0.29, 0.717) is 31.9 Å². The molecule has 1 aliphatic rings. The lowest BCUT2D eigenvalue weighted by molar-refractivity contribution is -0.136. The van der Waals surface area contributed by atoms with Crippen LogP contribution in [0, 0.1) is 5.92 Å². The number of carbonyl (C=O) groups is 2. The van der Waals surface area contributed by atoms with Crippen LogP contribution >= 0.6 is 0 Å². The molecule has 0 radical (unpaired) electrons. The highest BCUT2D eigenvalue weighted by atomic mass is 16.2. The number of hydrogen-bond acceptors (Lipinski definition) is 4. The van der Waals surface area contributed by atoms with Crippen molar-refractivity contribution in [2.45, 2.75) is 26.7 Å². The number of aromatic nitrogens is 2. The molecule has 0 unspecified atom stereocenters. The molecule has 1 aromatic carbocycles. The number of piperidine rings is 1. The third kappa shape index (κ3) is 3.92. The van der Waals surface area contributed by atoms with Crippen LogP contribution in [0.5, 0.6) is 0 Å². The molecule has 2 aromatic rings. The first-order chi connectivity index (χ1) is 12.6. The summed E-state index contributed by atoms with van der Waals surface area (Å²) in [7, 11) is 0. The molecule has 0 saturated carbocycles. The van der Waals surface area contributed by atoms with Crippen LogP contribution < -0.4 is 5.32 Å². The van der Waals surface area contributed by atoms with Crippen molar-refractivity contribution in [3.63, 3.8) is 0 Å². The van der Waals surface area contributed by atoms with Crippen LogP contribution in [0.25, 0.3) is 11.0 Å². The lowest BCUT2D eigenvalue weighted by atomic mass is 9.96. The molecule has 138 valence electrons. The molecule has 2 heterocycles. The van der Waals surface area contributed by atoms with E-state index in [0.717, 1.165) is 23.9 Å². The number of nitrogens with zero attached hydrogens (tertiary/aromatic N) is 4. The number of nitrogens with one attached hydrogen (secondary N) is 1. The largest absolute Gasteiger partial charge is 0.343 e. The van der Waals surface area contributed by atoms with Gasteiger partial charge in [0.15, 0.2) is 0 Å². The lowest BCUT2D eigenvalue weighted by Gasteiger charge is -2.34. The number of urea groups is 1. The Kier molecular flexibility index (Phi) is 5.65. The van der Waals surface area contributed by atoms with E-state index in [4.69, 9.17) is 0 Å². The standard InChI is InChI=1S/C19H25N5O2/c1-3-23(4-2)18(25)14-6-5-11-24(13-14)19(26)22-15-7-8-16-17(12-15)21-10-9-20-16/h7-10,12,14H,3-6,11,13H2,1-2H3,(H,22,26)/t14-/m0/s1. The van der Waals surface area contributed by atoms with Crippen molar-refractivity contribution < 1.29 is 9.59 Å². The fourth-order valence-corrected chi connectivity index (χ4v) is 3.40. The molecule has 3 rings (SSSR count). The topological polar surface area (TPSA) is 78.4 Å². The molecule has 0 aliphatic carbocycles. The highest BCUT2D eigenvalue weighted by Crippen LogP contribution is 2.21. The zero-order valence-corrected chi connectivity index (χ0v) is 15.3. The fourth-order valence-electron chi connectivity index (χ4n) is 3.40. The summed E-state index contributed by atoms with van der Waals surface area (Å²) in [5, 5.41) is 2.91. The molecular weight excluding hydrogens is 330 g/mol. The van der Waals surface area contributed by atoms with Gasteiger partial charge in [-0.2, -0.15) is 0 Å². The van der Waals surface area contributed by atoms with Crippen molar-refractivity contribution in [2.24, 2.45) is 5.92 Å². The number of likely N-dealkylation sites (tertiary alicyclic amines) is 1. The van der Waals surface area contributed by atoms with Crippen molar-refractivity contribution in [3.05, 3.63) is 30.6 Å². The average molecular weight is 355 g/mol. The summed E-state index contributed by atoms with van der Waals surface area (Å²) in [5.74, 6) is 0.0327. The van der Waals surface area contributed by atoms with Crippen LogP contribution in [-0.4, -0.2) is 57.9 Å². The molecule has 7 heteroatoms. The van der Waals surface area contributed by atoms with Gasteiger partial charge in [-0.15, -0.1) is 0 Å². The summed E-state index contributed by atoms with van der Waals surface area (Å²) in [4.78, 5) is 37.3. The minimum absolute atomic E-state index is 0.114. The number of anilines is 1. The first-order valence-corrected chi connectivity index (χ1v) is 9.17. The van der Waals surface area contributed by atoms with E-state index >= 15 is 0 Å². The maximum Gasteiger partial charge on any atom is 0.321 e.